The number of carbonyl (C=O) groups excluding carboxylic acids is 1. The van der Waals surface area contributed by atoms with Gasteiger partial charge in [0.1, 0.15) is 23.9 Å². The Balaban J connectivity index is 1.98. The number of anilines is 1. The molecule has 8 nitrogen and oxygen atoms in total. The molecular formula is C22H22N4O4. The number of fused-ring (bicyclic) bond motifs is 1. The van der Waals surface area contributed by atoms with Gasteiger partial charge in [-0.15, -0.1) is 0 Å². The van der Waals surface area contributed by atoms with Crippen LogP contribution in [-0.4, -0.2) is 41.6 Å². The number of hydrogen-bond acceptors (Lipinski definition) is 7. The average molecular weight is 406 g/mol. The first kappa shape index (κ1) is 19.5. The Bertz CT molecular complexity index is 1090. The van der Waals surface area contributed by atoms with Crippen molar-refractivity contribution in [3.63, 3.8) is 0 Å². The van der Waals surface area contributed by atoms with Crippen LogP contribution in [0.4, 0.5) is 5.95 Å². The minimum absolute atomic E-state index is 0.251. The third-order valence-corrected chi connectivity index (χ3v) is 4.89. The number of hydrogen-bond donors (Lipinski definition) is 1. The minimum Gasteiger partial charge on any atom is -0.497 e. The summed E-state index contributed by atoms with van der Waals surface area (Å²) in [6, 6.07) is 14.5. The molecule has 0 saturated heterocycles. The van der Waals surface area contributed by atoms with Crippen molar-refractivity contribution in [3.8, 4) is 11.5 Å². The maximum absolute atomic E-state index is 13.2. The van der Waals surface area contributed by atoms with E-state index in [9.17, 15) is 4.79 Å². The second-order valence-electron chi connectivity index (χ2n) is 6.54. The van der Waals surface area contributed by atoms with Gasteiger partial charge in [-0.1, -0.05) is 30.3 Å². The lowest BCUT2D eigenvalue weighted by molar-refractivity contribution is -0.138. The van der Waals surface area contributed by atoms with Crippen molar-refractivity contribution in [2.45, 2.75) is 13.0 Å². The smallest absolute Gasteiger partial charge is 0.338 e. The zero-order chi connectivity index (χ0) is 21.1. The number of rotatable bonds is 6. The molecule has 1 aliphatic rings. The summed E-state index contributed by atoms with van der Waals surface area (Å²) >= 11 is 0. The van der Waals surface area contributed by atoms with Crippen molar-refractivity contribution in [1.82, 2.24) is 14.8 Å². The zero-order valence-corrected chi connectivity index (χ0v) is 17.0. The van der Waals surface area contributed by atoms with Gasteiger partial charge in [0, 0.05) is 11.6 Å². The summed E-state index contributed by atoms with van der Waals surface area (Å²) in [6.45, 7) is 2.03. The highest BCUT2D eigenvalue weighted by Gasteiger charge is 2.37. The highest BCUT2D eigenvalue weighted by Crippen LogP contribution is 2.42. The summed E-state index contributed by atoms with van der Waals surface area (Å²) in [6.07, 6.45) is 1.45. The number of nitrogens with zero attached hydrogens (tertiary/aromatic N) is 3. The Labute approximate surface area is 174 Å². The summed E-state index contributed by atoms with van der Waals surface area (Å²) in [5, 5.41) is 7.61. The molecule has 0 radical (unpaired) electrons. The van der Waals surface area contributed by atoms with E-state index in [0.717, 1.165) is 11.1 Å². The van der Waals surface area contributed by atoms with Crippen molar-refractivity contribution >= 4 is 17.6 Å². The van der Waals surface area contributed by atoms with Gasteiger partial charge in [-0.2, -0.15) is 10.1 Å². The maximum atomic E-state index is 13.2. The van der Waals surface area contributed by atoms with E-state index in [4.69, 9.17) is 14.2 Å². The number of aromatic nitrogens is 3. The van der Waals surface area contributed by atoms with Crippen LogP contribution in [-0.2, 0) is 9.53 Å². The Morgan fingerprint density at radius 2 is 1.93 bits per heavy atom. The van der Waals surface area contributed by atoms with Crippen LogP contribution in [0.5, 0.6) is 11.5 Å². The van der Waals surface area contributed by atoms with Crippen LogP contribution in [0, 0.1) is 0 Å². The summed E-state index contributed by atoms with van der Waals surface area (Å²) in [5.74, 6) is 1.29. The van der Waals surface area contributed by atoms with Gasteiger partial charge >= 0.3 is 5.97 Å². The Morgan fingerprint density at radius 3 is 2.63 bits per heavy atom. The largest absolute Gasteiger partial charge is 0.497 e. The summed E-state index contributed by atoms with van der Waals surface area (Å²) in [7, 11) is 3.17. The maximum Gasteiger partial charge on any atom is 0.338 e. The fraction of sp³-hybridized carbons (Fsp3) is 0.227. The van der Waals surface area contributed by atoms with Crippen molar-refractivity contribution in [3.05, 3.63) is 71.6 Å². The number of carbonyl (C=O) groups is 1. The molecule has 3 aromatic rings. The van der Waals surface area contributed by atoms with E-state index in [1.165, 1.54) is 6.33 Å². The number of benzene rings is 2. The predicted molar refractivity (Wildman–Crippen MR) is 111 cm³/mol. The van der Waals surface area contributed by atoms with Gasteiger partial charge in [-0.3, -0.25) is 0 Å². The first-order valence-corrected chi connectivity index (χ1v) is 9.53. The lowest BCUT2D eigenvalue weighted by Crippen LogP contribution is -2.30. The van der Waals surface area contributed by atoms with Crippen LogP contribution in [0.25, 0.3) is 5.70 Å². The van der Waals surface area contributed by atoms with Crippen LogP contribution in [0.2, 0.25) is 0 Å². The fourth-order valence-electron chi connectivity index (χ4n) is 3.55. The van der Waals surface area contributed by atoms with Crippen molar-refractivity contribution in [1.29, 1.82) is 0 Å². The van der Waals surface area contributed by atoms with Crippen LogP contribution in [0.3, 0.4) is 0 Å². The standard InChI is InChI=1S/C22H22N4O4/c1-4-30-21(27)18-19(14-8-6-5-7-9-14)25-22-23-13-24-26(22)20(18)16-11-10-15(28-2)12-17(16)29-3/h5-13,20H,4H2,1-3H3,(H,23,24,25)/t20-/m1/s1. The topological polar surface area (TPSA) is 87.5 Å². The van der Waals surface area contributed by atoms with Crippen LogP contribution >= 0.6 is 0 Å². The molecule has 2 heterocycles. The number of nitrogens with one attached hydrogen (secondary N) is 1. The highest BCUT2D eigenvalue weighted by molar-refractivity contribution is 6.02. The van der Waals surface area contributed by atoms with Crippen molar-refractivity contribution in [2.24, 2.45) is 0 Å². The van der Waals surface area contributed by atoms with Gasteiger partial charge in [-0.05, 0) is 24.6 Å². The molecule has 1 atom stereocenters. The molecular weight excluding hydrogens is 384 g/mol. The molecule has 30 heavy (non-hydrogen) atoms. The van der Waals surface area contributed by atoms with Crippen LogP contribution in [0.1, 0.15) is 24.1 Å². The zero-order valence-electron chi connectivity index (χ0n) is 17.0. The lowest BCUT2D eigenvalue weighted by atomic mass is 9.92. The van der Waals surface area contributed by atoms with Crippen molar-refractivity contribution < 1.29 is 19.0 Å². The van der Waals surface area contributed by atoms with Crippen LogP contribution in [0.15, 0.2) is 60.4 Å². The van der Waals surface area contributed by atoms with E-state index < -0.39 is 12.0 Å². The van der Waals surface area contributed by atoms with Gasteiger partial charge in [0.05, 0.1) is 32.1 Å². The molecule has 154 valence electrons. The summed E-state index contributed by atoms with van der Waals surface area (Å²) < 4.78 is 18.0. The highest BCUT2D eigenvalue weighted by atomic mass is 16.5. The van der Waals surface area contributed by atoms with Gasteiger partial charge in [0.2, 0.25) is 5.95 Å². The first-order chi connectivity index (χ1) is 14.7. The molecule has 0 amide bonds. The second kappa shape index (κ2) is 8.28. The Hall–Kier alpha value is -3.81. The molecule has 4 rings (SSSR count). The molecule has 0 spiro atoms. The number of esters is 1. The summed E-state index contributed by atoms with van der Waals surface area (Å²) in [5.41, 5.74) is 2.62. The Kier molecular flexibility index (Phi) is 5.38. The van der Waals surface area contributed by atoms with E-state index in [1.807, 2.05) is 42.5 Å². The third-order valence-electron chi connectivity index (χ3n) is 4.89. The average Bonchev–Trinajstić information content (AvgIpc) is 3.26. The third kappa shape index (κ3) is 3.36. The number of ether oxygens (including phenoxy) is 3. The van der Waals surface area contributed by atoms with E-state index in [-0.39, 0.29) is 6.61 Å². The molecule has 1 aromatic heterocycles. The molecule has 0 unspecified atom stereocenters. The van der Waals surface area contributed by atoms with Gasteiger partial charge in [0.25, 0.3) is 0 Å². The monoisotopic (exact) mass is 406 g/mol. The number of methoxy groups -OCH3 is 2. The van der Waals surface area contributed by atoms with Crippen LogP contribution < -0.4 is 14.8 Å². The molecule has 0 aliphatic carbocycles. The molecule has 8 heteroatoms. The molecule has 0 saturated carbocycles. The SMILES string of the molecule is CCOC(=O)C1=C(c2ccccc2)Nc2ncnn2[C@@H]1c1ccc(OC)cc1OC. The molecule has 2 aromatic carbocycles. The van der Waals surface area contributed by atoms with E-state index in [0.29, 0.717) is 28.7 Å². The molecule has 0 fully saturated rings. The van der Waals surface area contributed by atoms with E-state index in [2.05, 4.69) is 15.4 Å². The minimum atomic E-state index is -0.598. The normalized spacial score (nSPS) is 15.2. The van der Waals surface area contributed by atoms with E-state index in [1.54, 1.807) is 31.9 Å². The van der Waals surface area contributed by atoms with E-state index >= 15 is 0 Å². The lowest BCUT2D eigenvalue weighted by Gasteiger charge is -2.30. The molecule has 1 N–H and O–H groups in total. The molecule has 1 aliphatic heterocycles. The van der Waals surface area contributed by atoms with Gasteiger partial charge in [0.15, 0.2) is 0 Å². The Morgan fingerprint density at radius 1 is 1.13 bits per heavy atom. The van der Waals surface area contributed by atoms with Gasteiger partial charge in [-0.25, -0.2) is 9.48 Å². The first-order valence-electron chi connectivity index (χ1n) is 9.53. The predicted octanol–water partition coefficient (Wildman–Crippen LogP) is 3.28. The fourth-order valence-corrected chi connectivity index (χ4v) is 3.55. The van der Waals surface area contributed by atoms with Gasteiger partial charge < -0.3 is 19.5 Å². The second-order valence-corrected chi connectivity index (χ2v) is 6.54. The molecule has 0 bridgehead atoms. The summed E-state index contributed by atoms with van der Waals surface area (Å²) in [4.78, 5) is 17.5. The quantitative estimate of drug-likeness (QED) is 0.629. The van der Waals surface area contributed by atoms with Crippen molar-refractivity contribution in [2.75, 3.05) is 26.1 Å².